The highest BCUT2D eigenvalue weighted by atomic mass is 127. The molecule has 0 radical (unpaired) electrons. The first-order valence-corrected chi connectivity index (χ1v) is 6.95. The molecule has 2 aromatic rings. The predicted molar refractivity (Wildman–Crippen MR) is 88.9 cm³/mol. The van der Waals surface area contributed by atoms with Gasteiger partial charge in [-0.3, -0.25) is 0 Å². The van der Waals surface area contributed by atoms with Crippen molar-refractivity contribution in [2.75, 3.05) is 19.0 Å². The summed E-state index contributed by atoms with van der Waals surface area (Å²) in [6, 6.07) is 16.9. The Hall–Kier alpha value is -1.29. The standard InChI is InChI=1S/C16H16IN/c1-18(2)15-11-8-13(9-12-15)7-10-14-5-3-4-6-16(14)17/h3-12H,1-2H3/b10-7+. The summed E-state index contributed by atoms with van der Waals surface area (Å²) >= 11 is 2.36. The van der Waals surface area contributed by atoms with E-state index in [2.05, 4.69) is 102 Å². The molecule has 0 aliphatic heterocycles. The lowest BCUT2D eigenvalue weighted by Gasteiger charge is -2.11. The summed E-state index contributed by atoms with van der Waals surface area (Å²) in [6.07, 6.45) is 4.31. The van der Waals surface area contributed by atoms with Crippen LogP contribution in [0.15, 0.2) is 48.5 Å². The third kappa shape index (κ3) is 3.35. The van der Waals surface area contributed by atoms with Crippen molar-refractivity contribution in [3.05, 3.63) is 63.2 Å². The normalized spacial score (nSPS) is 10.8. The maximum absolute atomic E-state index is 2.36. The van der Waals surface area contributed by atoms with E-state index in [0.29, 0.717) is 0 Å². The molecule has 1 nitrogen and oxygen atoms in total. The van der Waals surface area contributed by atoms with E-state index in [1.165, 1.54) is 20.4 Å². The number of nitrogens with zero attached hydrogens (tertiary/aromatic N) is 1. The fourth-order valence-electron chi connectivity index (χ4n) is 1.68. The Morgan fingerprint density at radius 1 is 0.889 bits per heavy atom. The fraction of sp³-hybridized carbons (Fsp3) is 0.125. The van der Waals surface area contributed by atoms with Crippen LogP contribution in [0.25, 0.3) is 12.2 Å². The number of hydrogen-bond donors (Lipinski definition) is 0. The number of halogens is 1. The van der Waals surface area contributed by atoms with E-state index in [1.54, 1.807) is 0 Å². The molecule has 0 unspecified atom stereocenters. The summed E-state index contributed by atoms with van der Waals surface area (Å²) in [5, 5.41) is 0. The quantitative estimate of drug-likeness (QED) is 0.581. The number of rotatable bonds is 3. The van der Waals surface area contributed by atoms with Crippen molar-refractivity contribution in [2.24, 2.45) is 0 Å². The van der Waals surface area contributed by atoms with Crippen LogP contribution in [-0.2, 0) is 0 Å². The highest BCUT2D eigenvalue weighted by molar-refractivity contribution is 14.1. The van der Waals surface area contributed by atoms with Gasteiger partial charge in [-0.1, -0.05) is 42.5 Å². The molecule has 0 amide bonds. The summed E-state index contributed by atoms with van der Waals surface area (Å²) in [5.41, 5.74) is 3.71. The van der Waals surface area contributed by atoms with Crippen LogP contribution in [0.1, 0.15) is 11.1 Å². The molecule has 0 aliphatic carbocycles. The lowest BCUT2D eigenvalue weighted by atomic mass is 10.1. The molecule has 0 saturated heterocycles. The Bertz CT molecular complexity index is 541. The zero-order valence-corrected chi connectivity index (χ0v) is 12.8. The molecule has 0 aliphatic rings. The van der Waals surface area contributed by atoms with Crippen LogP contribution in [0, 0.1) is 3.57 Å². The van der Waals surface area contributed by atoms with E-state index in [9.17, 15) is 0 Å². The molecule has 2 heteroatoms. The van der Waals surface area contributed by atoms with Crippen LogP contribution in [0.5, 0.6) is 0 Å². The average Bonchev–Trinajstić information content (AvgIpc) is 2.38. The molecule has 0 fully saturated rings. The van der Waals surface area contributed by atoms with Gasteiger partial charge in [-0.2, -0.15) is 0 Å². The van der Waals surface area contributed by atoms with Crippen LogP contribution < -0.4 is 4.90 Å². The SMILES string of the molecule is CN(C)c1ccc(/C=C/c2ccccc2I)cc1. The van der Waals surface area contributed by atoms with Crippen molar-refractivity contribution < 1.29 is 0 Å². The smallest absolute Gasteiger partial charge is 0.0361 e. The van der Waals surface area contributed by atoms with E-state index in [4.69, 9.17) is 0 Å². The molecule has 2 aromatic carbocycles. The summed E-state index contributed by atoms with van der Waals surface area (Å²) in [5.74, 6) is 0. The monoisotopic (exact) mass is 349 g/mol. The highest BCUT2D eigenvalue weighted by Gasteiger charge is 1.95. The van der Waals surface area contributed by atoms with Gasteiger partial charge in [0.25, 0.3) is 0 Å². The third-order valence-electron chi connectivity index (χ3n) is 2.77. The first-order chi connectivity index (χ1) is 8.66. The lowest BCUT2D eigenvalue weighted by Crippen LogP contribution is -2.07. The van der Waals surface area contributed by atoms with Crippen molar-refractivity contribution in [2.45, 2.75) is 0 Å². The van der Waals surface area contributed by atoms with Crippen molar-refractivity contribution >= 4 is 40.4 Å². The first kappa shape index (κ1) is 13.1. The average molecular weight is 349 g/mol. The Morgan fingerprint density at radius 3 is 2.17 bits per heavy atom. The van der Waals surface area contributed by atoms with Gasteiger partial charge in [-0.15, -0.1) is 0 Å². The first-order valence-electron chi connectivity index (χ1n) is 5.87. The Balaban J connectivity index is 2.17. The number of hydrogen-bond acceptors (Lipinski definition) is 1. The van der Waals surface area contributed by atoms with Crippen molar-refractivity contribution in [3.63, 3.8) is 0 Å². The predicted octanol–water partition coefficient (Wildman–Crippen LogP) is 4.53. The summed E-state index contributed by atoms with van der Waals surface area (Å²) in [4.78, 5) is 2.10. The van der Waals surface area contributed by atoms with Crippen LogP contribution in [-0.4, -0.2) is 14.1 Å². The molecule has 0 saturated carbocycles. The Morgan fingerprint density at radius 2 is 1.56 bits per heavy atom. The summed E-state index contributed by atoms with van der Waals surface area (Å²) in [7, 11) is 4.11. The van der Waals surface area contributed by atoms with Crippen molar-refractivity contribution in [3.8, 4) is 0 Å². The minimum Gasteiger partial charge on any atom is -0.378 e. The van der Waals surface area contributed by atoms with Crippen LogP contribution in [0.3, 0.4) is 0 Å². The minimum atomic E-state index is 1.22. The largest absolute Gasteiger partial charge is 0.378 e. The maximum Gasteiger partial charge on any atom is 0.0361 e. The van der Waals surface area contributed by atoms with Gasteiger partial charge in [-0.25, -0.2) is 0 Å². The molecule has 18 heavy (non-hydrogen) atoms. The number of anilines is 1. The highest BCUT2D eigenvalue weighted by Crippen LogP contribution is 2.17. The molecule has 0 spiro atoms. The molecule has 2 rings (SSSR count). The van der Waals surface area contributed by atoms with Gasteiger partial charge < -0.3 is 4.90 Å². The minimum absolute atomic E-state index is 1.22. The second-order valence-corrected chi connectivity index (χ2v) is 5.50. The second-order valence-electron chi connectivity index (χ2n) is 4.34. The Kier molecular flexibility index (Phi) is 4.42. The zero-order valence-electron chi connectivity index (χ0n) is 10.6. The summed E-state index contributed by atoms with van der Waals surface area (Å²) in [6.45, 7) is 0. The molecule has 0 aromatic heterocycles. The van der Waals surface area contributed by atoms with Crippen LogP contribution >= 0.6 is 22.6 Å². The zero-order chi connectivity index (χ0) is 13.0. The molecule has 92 valence electrons. The molecule has 0 bridgehead atoms. The molecule has 0 atom stereocenters. The van der Waals surface area contributed by atoms with Gasteiger partial charge in [0.15, 0.2) is 0 Å². The topological polar surface area (TPSA) is 3.24 Å². The van der Waals surface area contributed by atoms with Gasteiger partial charge in [0.1, 0.15) is 0 Å². The van der Waals surface area contributed by atoms with Gasteiger partial charge in [0, 0.05) is 23.4 Å². The van der Waals surface area contributed by atoms with E-state index in [-0.39, 0.29) is 0 Å². The van der Waals surface area contributed by atoms with Gasteiger partial charge in [0.05, 0.1) is 0 Å². The van der Waals surface area contributed by atoms with E-state index in [0.717, 1.165) is 0 Å². The second kappa shape index (κ2) is 6.05. The van der Waals surface area contributed by atoms with Crippen LogP contribution in [0.4, 0.5) is 5.69 Å². The third-order valence-corrected chi connectivity index (χ3v) is 3.75. The lowest BCUT2D eigenvalue weighted by molar-refractivity contribution is 1.13. The fourth-order valence-corrected chi connectivity index (χ4v) is 2.25. The summed E-state index contributed by atoms with van der Waals surface area (Å²) < 4.78 is 1.27. The molecular weight excluding hydrogens is 333 g/mol. The van der Waals surface area contributed by atoms with E-state index in [1.807, 2.05) is 0 Å². The maximum atomic E-state index is 2.36. The van der Waals surface area contributed by atoms with Gasteiger partial charge >= 0.3 is 0 Å². The molecule has 0 heterocycles. The van der Waals surface area contributed by atoms with Crippen molar-refractivity contribution in [1.29, 1.82) is 0 Å². The van der Waals surface area contributed by atoms with Gasteiger partial charge in [-0.05, 0) is 51.9 Å². The molecular formula is C16H16IN. The van der Waals surface area contributed by atoms with Crippen molar-refractivity contribution in [1.82, 2.24) is 0 Å². The van der Waals surface area contributed by atoms with Gasteiger partial charge in [0.2, 0.25) is 0 Å². The Labute approximate surface area is 122 Å². The van der Waals surface area contributed by atoms with Crippen LogP contribution in [0.2, 0.25) is 0 Å². The molecule has 0 N–H and O–H groups in total. The van der Waals surface area contributed by atoms with E-state index >= 15 is 0 Å². The number of benzene rings is 2. The van der Waals surface area contributed by atoms with E-state index < -0.39 is 0 Å².